The van der Waals surface area contributed by atoms with Gasteiger partial charge in [-0.15, -0.1) is 0 Å². The molecule has 6 heteroatoms. The van der Waals surface area contributed by atoms with Crippen molar-refractivity contribution in [3.8, 4) is 22.5 Å². The number of aryl methyl sites for hydroxylation is 2. The molecule has 0 atom stereocenters. The second-order valence-electron chi connectivity index (χ2n) is 11.9. The third kappa shape index (κ3) is 5.45. The second-order valence-corrected chi connectivity index (χ2v) is 11.9. The first-order chi connectivity index (χ1) is 20.2. The summed E-state index contributed by atoms with van der Waals surface area (Å²) in [6.45, 7) is 10.7. The van der Waals surface area contributed by atoms with Gasteiger partial charge in [0.15, 0.2) is 0 Å². The molecule has 1 N–H and O–H groups in total. The molecule has 0 bridgehead atoms. The summed E-state index contributed by atoms with van der Waals surface area (Å²) in [5.41, 5.74) is 9.32. The molecule has 42 heavy (non-hydrogen) atoms. The Morgan fingerprint density at radius 1 is 0.905 bits per heavy atom. The maximum Gasteiger partial charge on any atom is 0.339 e. The maximum atomic E-state index is 12.9. The van der Waals surface area contributed by atoms with Crippen molar-refractivity contribution < 1.29 is 9.53 Å². The Bertz CT molecular complexity index is 1870. The topological polar surface area (TPSA) is 72.8 Å². The smallest absolute Gasteiger partial charge is 0.339 e. The Balaban J connectivity index is 1.36. The SMILES string of the molecule is CCCc1nc2c(C)cc(-c3nc4ccccc4[nH]3)cc2n1Cc1ccc(-c2ccccc2C(=O)OC(C)(C)C)cc1. The van der Waals surface area contributed by atoms with E-state index in [2.05, 4.69) is 65.9 Å². The number of esters is 1. The monoisotopic (exact) mass is 556 g/mol. The van der Waals surface area contributed by atoms with Gasteiger partial charge in [-0.1, -0.05) is 61.5 Å². The molecule has 0 aliphatic rings. The summed E-state index contributed by atoms with van der Waals surface area (Å²) in [4.78, 5) is 26.3. The lowest BCUT2D eigenvalue weighted by molar-refractivity contribution is 0.00704. The number of aromatic nitrogens is 4. The first kappa shape index (κ1) is 27.5. The Labute approximate surface area is 246 Å². The van der Waals surface area contributed by atoms with Gasteiger partial charge in [0.2, 0.25) is 0 Å². The van der Waals surface area contributed by atoms with Crippen molar-refractivity contribution in [2.24, 2.45) is 0 Å². The van der Waals surface area contributed by atoms with Crippen LogP contribution in [0.4, 0.5) is 0 Å². The highest BCUT2D eigenvalue weighted by Gasteiger charge is 2.21. The van der Waals surface area contributed by atoms with Crippen molar-refractivity contribution in [2.75, 3.05) is 0 Å². The summed E-state index contributed by atoms with van der Waals surface area (Å²) in [6, 6.07) is 28.6. The molecule has 0 saturated heterocycles. The predicted octanol–water partition coefficient (Wildman–Crippen LogP) is 8.51. The van der Waals surface area contributed by atoms with Crippen LogP contribution in [-0.4, -0.2) is 31.1 Å². The van der Waals surface area contributed by atoms with Crippen LogP contribution in [0.25, 0.3) is 44.6 Å². The largest absolute Gasteiger partial charge is 0.456 e. The number of benzene rings is 4. The molecule has 0 aliphatic heterocycles. The van der Waals surface area contributed by atoms with E-state index in [1.54, 1.807) is 0 Å². The van der Waals surface area contributed by atoms with Gasteiger partial charge in [-0.05, 0) is 86.7 Å². The number of H-pyrrole nitrogens is 1. The average Bonchev–Trinajstić information content (AvgIpc) is 3.55. The van der Waals surface area contributed by atoms with Crippen molar-refractivity contribution in [3.05, 3.63) is 107 Å². The first-order valence-electron chi connectivity index (χ1n) is 14.6. The molecule has 6 rings (SSSR count). The molecular formula is C36H36N4O2. The summed E-state index contributed by atoms with van der Waals surface area (Å²) in [7, 11) is 0. The van der Waals surface area contributed by atoms with Gasteiger partial charge in [-0.25, -0.2) is 14.8 Å². The van der Waals surface area contributed by atoms with E-state index in [4.69, 9.17) is 14.7 Å². The van der Waals surface area contributed by atoms with E-state index in [-0.39, 0.29) is 5.97 Å². The Morgan fingerprint density at radius 2 is 1.64 bits per heavy atom. The number of rotatable bonds is 7. The normalized spacial score (nSPS) is 11.8. The van der Waals surface area contributed by atoms with Crippen LogP contribution in [0.15, 0.2) is 84.9 Å². The Morgan fingerprint density at radius 3 is 2.38 bits per heavy atom. The molecule has 6 nitrogen and oxygen atoms in total. The molecule has 0 unspecified atom stereocenters. The number of hydrogen-bond donors (Lipinski definition) is 1. The molecule has 212 valence electrons. The van der Waals surface area contributed by atoms with E-state index >= 15 is 0 Å². The number of ether oxygens (including phenoxy) is 1. The number of fused-ring (bicyclic) bond motifs is 2. The summed E-state index contributed by atoms with van der Waals surface area (Å²) in [5.74, 6) is 1.63. The highest BCUT2D eigenvalue weighted by atomic mass is 16.6. The standard InChI is InChI=1S/C36H36N4O2/c1-6-11-32-39-33-23(2)20-26(34-37-29-14-9-10-15-30(29)38-34)21-31(33)40(32)22-24-16-18-25(19-17-24)27-12-7-8-13-28(27)35(41)42-36(3,4)5/h7-10,12-21H,6,11,22H2,1-5H3,(H,37,38). The van der Waals surface area contributed by atoms with Gasteiger partial charge in [0, 0.05) is 18.5 Å². The van der Waals surface area contributed by atoms with Gasteiger partial charge in [0.05, 0.1) is 27.6 Å². The molecule has 0 amide bonds. The minimum atomic E-state index is -0.555. The minimum Gasteiger partial charge on any atom is -0.456 e. The minimum absolute atomic E-state index is 0.313. The zero-order valence-electron chi connectivity index (χ0n) is 24.9. The Hall–Kier alpha value is -4.71. The molecule has 2 aromatic heterocycles. The van der Waals surface area contributed by atoms with Gasteiger partial charge in [-0.3, -0.25) is 0 Å². The van der Waals surface area contributed by atoms with Crippen LogP contribution in [-0.2, 0) is 17.7 Å². The third-order valence-corrected chi connectivity index (χ3v) is 7.41. The van der Waals surface area contributed by atoms with E-state index in [1.165, 1.54) is 0 Å². The molecule has 0 fully saturated rings. The molecule has 6 aromatic rings. The summed E-state index contributed by atoms with van der Waals surface area (Å²) in [5, 5.41) is 0. The second kappa shape index (κ2) is 10.9. The van der Waals surface area contributed by atoms with Crippen LogP contribution >= 0.6 is 0 Å². The van der Waals surface area contributed by atoms with E-state index in [0.717, 1.165) is 74.4 Å². The van der Waals surface area contributed by atoms with Crippen LogP contribution in [0.2, 0.25) is 0 Å². The zero-order chi connectivity index (χ0) is 29.4. The molecule has 4 aromatic carbocycles. The van der Waals surface area contributed by atoms with Crippen molar-refractivity contribution in [1.82, 2.24) is 19.5 Å². The summed E-state index contributed by atoms with van der Waals surface area (Å²) >= 11 is 0. The molecule has 0 aliphatic carbocycles. The average molecular weight is 557 g/mol. The van der Waals surface area contributed by atoms with Crippen molar-refractivity contribution in [3.63, 3.8) is 0 Å². The van der Waals surface area contributed by atoms with E-state index < -0.39 is 5.60 Å². The fourth-order valence-corrected chi connectivity index (χ4v) is 5.48. The van der Waals surface area contributed by atoms with Gasteiger partial charge >= 0.3 is 5.97 Å². The lowest BCUT2D eigenvalue weighted by Crippen LogP contribution is -2.24. The number of imidazole rings is 2. The van der Waals surface area contributed by atoms with Crippen molar-refractivity contribution in [2.45, 2.75) is 59.6 Å². The number of carbonyl (C=O) groups excluding carboxylic acids is 1. The van der Waals surface area contributed by atoms with Gasteiger partial charge in [-0.2, -0.15) is 0 Å². The number of nitrogens with zero attached hydrogens (tertiary/aromatic N) is 3. The quantitative estimate of drug-likeness (QED) is 0.200. The van der Waals surface area contributed by atoms with E-state index in [0.29, 0.717) is 12.1 Å². The Kier molecular flexibility index (Phi) is 7.15. The number of aromatic amines is 1. The van der Waals surface area contributed by atoms with Crippen LogP contribution < -0.4 is 0 Å². The highest BCUT2D eigenvalue weighted by molar-refractivity contribution is 5.97. The molecule has 0 radical (unpaired) electrons. The fraction of sp³-hybridized carbons (Fsp3) is 0.250. The molecule has 2 heterocycles. The van der Waals surface area contributed by atoms with Crippen LogP contribution in [0.1, 0.15) is 61.4 Å². The van der Waals surface area contributed by atoms with Gasteiger partial charge in [0.25, 0.3) is 0 Å². The van der Waals surface area contributed by atoms with Gasteiger partial charge in [0.1, 0.15) is 17.2 Å². The number of carbonyl (C=O) groups is 1. The van der Waals surface area contributed by atoms with E-state index in [1.807, 2.05) is 63.2 Å². The van der Waals surface area contributed by atoms with Crippen molar-refractivity contribution in [1.29, 1.82) is 0 Å². The molecule has 0 spiro atoms. The highest BCUT2D eigenvalue weighted by Crippen LogP contribution is 2.30. The summed E-state index contributed by atoms with van der Waals surface area (Å²) < 4.78 is 8.00. The zero-order valence-corrected chi connectivity index (χ0v) is 24.9. The van der Waals surface area contributed by atoms with Crippen LogP contribution in [0.5, 0.6) is 0 Å². The number of nitrogens with one attached hydrogen (secondary N) is 1. The molecule has 0 saturated carbocycles. The van der Waals surface area contributed by atoms with Gasteiger partial charge < -0.3 is 14.3 Å². The predicted molar refractivity (Wildman–Crippen MR) is 170 cm³/mol. The van der Waals surface area contributed by atoms with Crippen LogP contribution in [0.3, 0.4) is 0 Å². The lowest BCUT2D eigenvalue weighted by Gasteiger charge is -2.20. The maximum absolute atomic E-state index is 12.9. The number of para-hydroxylation sites is 2. The third-order valence-electron chi connectivity index (χ3n) is 7.41. The lowest BCUT2D eigenvalue weighted by atomic mass is 9.98. The van der Waals surface area contributed by atoms with Crippen LogP contribution in [0, 0.1) is 6.92 Å². The first-order valence-corrected chi connectivity index (χ1v) is 14.6. The molecular weight excluding hydrogens is 520 g/mol. The van der Waals surface area contributed by atoms with Crippen molar-refractivity contribution >= 4 is 28.0 Å². The number of hydrogen-bond acceptors (Lipinski definition) is 4. The fourth-order valence-electron chi connectivity index (χ4n) is 5.48. The summed E-state index contributed by atoms with van der Waals surface area (Å²) in [6.07, 6.45) is 1.91. The van der Waals surface area contributed by atoms with E-state index in [9.17, 15) is 4.79 Å².